The van der Waals surface area contributed by atoms with E-state index < -0.39 is 10.1 Å². The van der Waals surface area contributed by atoms with Crippen molar-refractivity contribution in [3.63, 3.8) is 0 Å². The van der Waals surface area contributed by atoms with Gasteiger partial charge in [-0.15, -0.1) is 11.8 Å². The number of nitrogens with one attached hydrogen (secondary N) is 3. The zero-order valence-corrected chi connectivity index (χ0v) is 31.8. The summed E-state index contributed by atoms with van der Waals surface area (Å²) >= 11 is 7.90. The maximum atomic E-state index is 12.5. The minimum atomic E-state index is -4.28. The molecule has 2 heterocycles. The van der Waals surface area contributed by atoms with E-state index in [0.717, 1.165) is 17.0 Å². The number of thioether (sulfide) groups is 1. The van der Waals surface area contributed by atoms with Gasteiger partial charge in [0.2, 0.25) is 5.91 Å². The summed E-state index contributed by atoms with van der Waals surface area (Å²) in [7, 11) is -4.28. The second-order valence-electron chi connectivity index (χ2n) is 11.4. The number of nitrogens with two attached hydrogens (primary N) is 1. The number of benzene rings is 3. The number of anilines is 1. The van der Waals surface area contributed by atoms with Crippen molar-refractivity contribution in [1.29, 1.82) is 0 Å². The quantitative estimate of drug-likeness (QED) is 0.0139. The number of hydrogen-bond acceptors (Lipinski definition) is 11. The van der Waals surface area contributed by atoms with Crippen LogP contribution < -0.4 is 26.6 Å². The SMILES string of the molecule is NNc1ccc(C(=O)NCCCNC(=O)/C=C/c2nc(CSc3ccccc3Cl)ccc2OCCc2ccccc2)cn1.O=Cc1ccccc1S(=O)(=O)O. The summed E-state index contributed by atoms with van der Waals surface area (Å²) in [6, 6.07) is 30.2. The standard InChI is InChI=1S/C32H33ClN6O3S.C7H6O4S/c33-26-9-4-5-10-29(26)43-22-25-12-14-28(42-20-17-23-7-2-1-3-8-23)27(38-25)13-16-31(40)35-18-6-19-36-32(41)24-11-15-30(39-34)37-21-24;8-5-6-3-1-2-4-7(6)12(9,10)11/h1-5,7-16,21H,6,17-20,22,34H2,(H,35,40)(H,36,41)(H,37,39);1-5H,(H,9,10,11)/b16-13+;. The molecule has 16 heteroatoms. The first-order valence-electron chi connectivity index (χ1n) is 16.8. The van der Waals surface area contributed by atoms with Crippen LogP contribution in [0.25, 0.3) is 6.08 Å². The number of carbonyl (C=O) groups excluding carboxylic acids is 3. The van der Waals surface area contributed by atoms with Gasteiger partial charge in [-0.3, -0.25) is 18.9 Å². The molecule has 0 bridgehead atoms. The second kappa shape index (κ2) is 22.0. The molecule has 0 atom stereocenters. The summed E-state index contributed by atoms with van der Waals surface area (Å²) in [5.74, 6) is 6.45. The van der Waals surface area contributed by atoms with Crippen LogP contribution in [0.5, 0.6) is 5.75 Å². The van der Waals surface area contributed by atoms with Gasteiger partial charge in [0.15, 0.2) is 6.29 Å². The van der Waals surface area contributed by atoms with Crippen molar-refractivity contribution in [2.24, 2.45) is 5.84 Å². The predicted molar refractivity (Wildman–Crippen MR) is 214 cm³/mol. The Kier molecular flexibility index (Phi) is 16.8. The molecule has 6 N–H and O–H groups in total. The molecule has 2 aromatic heterocycles. The molecule has 0 radical (unpaired) electrons. The number of halogens is 1. The van der Waals surface area contributed by atoms with Crippen LogP contribution in [0, 0.1) is 0 Å². The minimum absolute atomic E-state index is 0.0417. The Morgan fingerprint density at radius 1 is 0.909 bits per heavy atom. The first kappa shape index (κ1) is 42.2. The highest BCUT2D eigenvalue weighted by molar-refractivity contribution is 7.98. The lowest BCUT2D eigenvalue weighted by Gasteiger charge is -2.11. The van der Waals surface area contributed by atoms with E-state index in [0.29, 0.717) is 66.0 Å². The van der Waals surface area contributed by atoms with E-state index >= 15 is 0 Å². The molecular weight excluding hydrogens is 764 g/mol. The molecule has 0 saturated carbocycles. The number of pyridine rings is 2. The first-order valence-corrected chi connectivity index (χ1v) is 19.6. The van der Waals surface area contributed by atoms with E-state index in [-0.39, 0.29) is 22.3 Å². The summed E-state index contributed by atoms with van der Waals surface area (Å²) < 4.78 is 35.9. The summed E-state index contributed by atoms with van der Waals surface area (Å²) in [6.07, 6.45) is 6.22. The molecule has 0 aliphatic heterocycles. The van der Waals surface area contributed by atoms with Crippen molar-refractivity contribution in [3.8, 4) is 5.75 Å². The Bertz CT molecular complexity index is 2170. The average Bonchev–Trinajstić information content (AvgIpc) is 3.20. The van der Waals surface area contributed by atoms with Crippen molar-refractivity contribution in [2.45, 2.75) is 28.4 Å². The van der Waals surface area contributed by atoms with Gasteiger partial charge in [-0.25, -0.2) is 15.8 Å². The zero-order chi connectivity index (χ0) is 39.5. The lowest BCUT2D eigenvalue weighted by Crippen LogP contribution is -2.29. The Morgan fingerprint density at radius 3 is 2.33 bits per heavy atom. The van der Waals surface area contributed by atoms with Gasteiger partial charge in [0, 0.05) is 48.0 Å². The van der Waals surface area contributed by atoms with E-state index in [9.17, 15) is 22.8 Å². The van der Waals surface area contributed by atoms with Crippen molar-refractivity contribution in [2.75, 3.05) is 25.1 Å². The summed E-state index contributed by atoms with van der Waals surface area (Å²) in [5, 5.41) is 6.33. The molecule has 55 heavy (non-hydrogen) atoms. The van der Waals surface area contributed by atoms with Gasteiger partial charge in [-0.2, -0.15) is 8.42 Å². The normalized spacial score (nSPS) is 10.9. The molecule has 2 amide bonds. The minimum Gasteiger partial charge on any atom is -0.491 e. The van der Waals surface area contributed by atoms with Gasteiger partial charge in [0.05, 0.1) is 22.9 Å². The average molecular weight is 803 g/mol. The molecule has 0 unspecified atom stereocenters. The monoisotopic (exact) mass is 802 g/mol. The number of nitrogen functional groups attached to an aromatic ring is 1. The third kappa shape index (κ3) is 14.3. The van der Waals surface area contributed by atoms with Crippen molar-refractivity contribution in [3.05, 3.63) is 149 Å². The molecule has 5 rings (SSSR count). The number of aldehydes is 1. The number of ether oxygens (including phenoxy) is 1. The molecule has 286 valence electrons. The van der Waals surface area contributed by atoms with E-state index in [1.54, 1.807) is 30.0 Å². The van der Waals surface area contributed by atoms with Crippen LogP contribution in [-0.4, -0.2) is 60.7 Å². The van der Waals surface area contributed by atoms with Crippen LogP contribution in [0.1, 0.15) is 44.1 Å². The first-order chi connectivity index (χ1) is 26.6. The second-order valence-corrected chi connectivity index (χ2v) is 14.2. The number of nitrogens with zero attached hydrogens (tertiary/aromatic N) is 2. The van der Waals surface area contributed by atoms with Crippen LogP contribution in [-0.2, 0) is 27.1 Å². The predicted octanol–water partition coefficient (Wildman–Crippen LogP) is 6.02. The number of hydrogen-bond donors (Lipinski definition) is 5. The Labute approximate surface area is 328 Å². The molecular formula is C39H39ClN6O7S2. The van der Waals surface area contributed by atoms with Gasteiger partial charge < -0.3 is 20.8 Å². The maximum absolute atomic E-state index is 12.5. The van der Waals surface area contributed by atoms with E-state index in [4.69, 9.17) is 31.7 Å². The summed E-state index contributed by atoms with van der Waals surface area (Å²) in [6.45, 7) is 1.26. The number of hydrazine groups is 1. The van der Waals surface area contributed by atoms with Crippen LogP contribution in [0.15, 0.2) is 125 Å². The highest BCUT2D eigenvalue weighted by atomic mass is 35.5. The fourth-order valence-corrected chi connectivity index (χ4v) is 6.52. The van der Waals surface area contributed by atoms with Crippen molar-refractivity contribution < 1.29 is 32.1 Å². The fraction of sp³-hybridized carbons (Fsp3) is 0.154. The zero-order valence-electron chi connectivity index (χ0n) is 29.4. The molecule has 0 spiro atoms. The van der Waals surface area contributed by atoms with E-state index in [1.165, 1.54) is 42.1 Å². The van der Waals surface area contributed by atoms with E-state index in [1.807, 2.05) is 54.6 Å². The maximum Gasteiger partial charge on any atom is 0.295 e. The lowest BCUT2D eigenvalue weighted by molar-refractivity contribution is -0.116. The summed E-state index contributed by atoms with van der Waals surface area (Å²) in [5.41, 5.74) is 5.37. The van der Waals surface area contributed by atoms with Crippen LogP contribution >= 0.6 is 23.4 Å². The topological polar surface area (TPSA) is 203 Å². The van der Waals surface area contributed by atoms with Crippen LogP contribution in [0.2, 0.25) is 5.02 Å². The van der Waals surface area contributed by atoms with Gasteiger partial charge in [0.25, 0.3) is 16.0 Å². The third-order valence-corrected chi connectivity index (χ3v) is 9.95. The van der Waals surface area contributed by atoms with Gasteiger partial charge >= 0.3 is 0 Å². The highest BCUT2D eigenvalue weighted by Gasteiger charge is 2.13. The Morgan fingerprint density at radius 2 is 1.64 bits per heavy atom. The van der Waals surface area contributed by atoms with Crippen LogP contribution in [0.4, 0.5) is 5.82 Å². The van der Waals surface area contributed by atoms with E-state index in [2.05, 4.69) is 33.2 Å². The molecule has 0 aliphatic carbocycles. The summed E-state index contributed by atoms with van der Waals surface area (Å²) in [4.78, 5) is 44.5. The number of aromatic nitrogens is 2. The Balaban J connectivity index is 0.000000477. The number of rotatable bonds is 17. The molecule has 3 aromatic carbocycles. The highest BCUT2D eigenvalue weighted by Crippen LogP contribution is 2.30. The van der Waals surface area contributed by atoms with Gasteiger partial charge in [-0.1, -0.05) is 72.3 Å². The van der Waals surface area contributed by atoms with Crippen molar-refractivity contribution >= 4 is 63.5 Å². The smallest absolute Gasteiger partial charge is 0.295 e. The number of amides is 2. The molecule has 0 fully saturated rings. The van der Waals surface area contributed by atoms with Gasteiger partial charge in [-0.05, 0) is 60.5 Å². The lowest BCUT2D eigenvalue weighted by atomic mass is 10.2. The molecule has 0 saturated heterocycles. The molecule has 5 aromatic rings. The fourth-order valence-electron chi connectivity index (χ4n) is 4.71. The van der Waals surface area contributed by atoms with Crippen molar-refractivity contribution in [1.82, 2.24) is 20.6 Å². The van der Waals surface area contributed by atoms with Crippen LogP contribution in [0.3, 0.4) is 0 Å². The number of carbonyl (C=O) groups is 3. The molecule has 13 nitrogen and oxygen atoms in total. The third-order valence-electron chi connectivity index (χ3n) is 7.48. The largest absolute Gasteiger partial charge is 0.491 e. The Hall–Kier alpha value is -5.58. The van der Waals surface area contributed by atoms with Gasteiger partial charge in [0.1, 0.15) is 22.2 Å². The molecule has 0 aliphatic rings.